The molecule has 0 spiro atoms. The van der Waals surface area contributed by atoms with Gasteiger partial charge < -0.3 is 4.52 Å². The second-order valence-electron chi connectivity index (χ2n) is 5.25. The third-order valence-electron chi connectivity index (χ3n) is 3.82. The zero-order chi connectivity index (χ0) is 14.8. The first-order valence-electron chi connectivity index (χ1n) is 6.99. The van der Waals surface area contributed by atoms with Gasteiger partial charge in [-0.3, -0.25) is 0 Å². The molecule has 1 aliphatic rings. The van der Waals surface area contributed by atoms with E-state index in [2.05, 4.69) is 5.16 Å². The van der Waals surface area contributed by atoms with Crippen molar-refractivity contribution in [3.63, 3.8) is 0 Å². The van der Waals surface area contributed by atoms with E-state index in [0.29, 0.717) is 23.9 Å². The molecule has 0 saturated heterocycles. The number of hydrogen-bond acceptors (Lipinski definition) is 4. The van der Waals surface area contributed by atoms with Crippen LogP contribution in [0.15, 0.2) is 9.42 Å². The van der Waals surface area contributed by atoms with Crippen molar-refractivity contribution in [1.29, 1.82) is 0 Å². The standard InChI is InChI=1S/C13H21ClN2O3S/c1-10-13(11(2)19-15-10)20(17,18)16(9-8-14)12-6-4-3-5-7-12/h12H,3-9H2,1-2H3. The lowest BCUT2D eigenvalue weighted by Gasteiger charge is -2.32. The second kappa shape index (κ2) is 6.45. The van der Waals surface area contributed by atoms with Gasteiger partial charge in [0.05, 0.1) is 0 Å². The molecule has 0 bridgehead atoms. The van der Waals surface area contributed by atoms with E-state index in [1.807, 2.05) is 0 Å². The van der Waals surface area contributed by atoms with Gasteiger partial charge in [0.25, 0.3) is 0 Å². The highest BCUT2D eigenvalue weighted by molar-refractivity contribution is 7.89. The Morgan fingerprint density at radius 2 is 1.95 bits per heavy atom. The fourth-order valence-electron chi connectivity index (χ4n) is 2.91. The van der Waals surface area contributed by atoms with Crippen molar-refractivity contribution in [2.24, 2.45) is 0 Å². The van der Waals surface area contributed by atoms with E-state index < -0.39 is 10.0 Å². The summed E-state index contributed by atoms with van der Waals surface area (Å²) in [6, 6.07) is 0.0428. The van der Waals surface area contributed by atoms with Crippen molar-refractivity contribution >= 4 is 21.6 Å². The molecule has 7 heteroatoms. The van der Waals surface area contributed by atoms with Gasteiger partial charge in [0.15, 0.2) is 5.76 Å². The zero-order valence-corrected chi connectivity index (χ0v) is 13.5. The van der Waals surface area contributed by atoms with Crippen LogP contribution in [0.3, 0.4) is 0 Å². The minimum absolute atomic E-state index is 0.0428. The Bertz CT molecular complexity index is 530. The molecule has 0 amide bonds. The van der Waals surface area contributed by atoms with Crippen molar-refractivity contribution in [3.05, 3.63) is 11.5 Å². The summed E-state index contributed by atoms with van der Waals surface area (Å²) in [5.41, 5.74) is 0.415. The highest BCUT2D eigenvalue weighted by Crippen LogP contribution is 2.30. The Morgan fingerprint density at radius 1 is 1.30 bits per heavy atom. The first-order valence-corrected chi connectivity index (χ1v) is 8.96. The Morgan fingerprint density at radius 3 is 2.45 bits per heavy atom. The van der Waals surface area contributed by atoms with E-state index in [1.165, 1.54) is 6.42 Å². The van der Waals surface area contributed by atoms with Gasteiger partial charge >= 0.3 is 0 Å². The van der Waals surface area contributed by atoms with Crippen LogP contribution in [0.2, 0.25) is 0 Å². The van der Waals surface area contributed by atoms with Crippen LogP contribution in [0.25, 0.3) is 0 Å². The number of aryl methyl sites for hydroxylation is 2. The van der Waals surface area contributed by atoms with Gasteiger partial charge in [0.1, 0.15) is 10.6 Å². The molecule has 0 radical (unpaired) electrons. The van der Waals surface area contributed by atoms with Crippen molar-refractivity contribution in [2.45, 2.75) is 56.9 Å². The minimum atomic E-state index is -3.59. The Kier molecular flexibility index (Phi) is 5.09. The van der Waals surface area contributed by atoms with E-state index in [1.54, 1.807) is 18.2 Å². The Labute approximate surface area is 125 Å². The Balaban J connectivity index is 2.36. The molecule has 0 atom stereocenters. The van der Waals surface area contributed by atoms with Crippen molar-refractivity contribution in [2.75, 3.05) is 12.4 Å². The van der Waals surface area contributed by atoms with Crippen LogP contribution in [0, 0.1) is 13.8 Å². The average molecular weight is 321 g/mol. The SMILES string of the molecule is Cc1noc(C)c1S(=O)(=O)N(CCCl)C1CCCCC1. The van der Waals surface area contributed by atoms with Crippen molar-refractivity contribution < 1.29 is 12.9 Å². The van der Waals surface area contributed by atoms with E-state index in [0.717, 1.165) is 25.7 Å². The Hall–Kier alpha value is -0.590. The summed E-state index contributed by atoms with van der Waals surface area (Å²) >= 11 is 5.82. The van der Waals surface area contributed by atoms with Gasteiger partial charge in [0.2, 0.25) is 10.0 Å². The molecule has 1 heterocycles. The van der Waals surface area contributed by atoms with Crippen LogP contribution in [0.5, 0.6) is 0 Å². The van der Waals surface area contributed by atoms with Crippen molar-refractivity contribution in [1.82, 2.24) is 9.46 Å². The quantitative estimate of drug-likeness (QED) is 0.783. The van der Waals surface area contributed by atoms with Crippen molar-refractivity contribution in [3.8, 4) is 0 Å². The minimum Gasteiger partial charge on any atom is -0.360 e. The molecule has 0 unspecified atom stereocenters. The van der Waals surface area contributed by atoms with Gasteiger partial charge in [-0.2, -0.15) is 4.31 Å². The normalized spacial score (nSPS) is 17.8. The molecule has 1 aliphatic carbocycles. The molecule has 2 rings (SSSR count). The second-order valence-corrected chi connectivity index (χ2v) is 7.46. The molecule has 1 fully saturated rings. The van der Waals surface area contributed by atoms with E-state index in [4.69, 9.17) is 16.1 Å². The van der Waals surface area contributed by atoms with Crippen LogP contribution in [0.1, 0.15) is 43.6 Å². The maximum atomic E-state index is 12.9. The predicted octanol–water partition coefficient (Wildman–Crippen LogP) is 2.85. The molecule has 0 N–H and O–H groups in total. The molecule has 1 aromatic heterocycles. The molecule has 0 aliphatic heterocycles. The first-order chi connectivity index (χ1) is 9.48. The molecule has 1 saturated carbocycles. The lowest BCUT2D eigenvalue weighted by Crippen LogP contribution is -2.42. The fourth-order valence-corrected chi connectivity index (χ4v) is 5.17. The summed E-state index contributed by atoms with van der Waals surface area (Å²) in [7, 11) is -3.59. The third-order valence-corrected chi connectivity index (χ3v) is 6.19. The predicted molar refractivity (Wildman–Crippen MR) is 77.5 cm³/mol. The van der Waals surface area contributed by atoms with Crippen LogP contribution in [-0.2, 0) is 10.0 Å². The molecule has 5 nitrogen and oxygen atoms in total. The number of halogens is 1. The van der Waals surface area contributed by atoms with Gasteiger partial charge in [-0.1, -0.05) is 24.4 Å². The molecule has 1 aromatic rings. The summed E-state index contributed by atoms with van der Waals surface area (Å²) in [6.07, 6.45) is 5.12. The van der Waals surface area contributed by atoms with E-state index in [-0.39, 0.29) is 10.9 Å². The molecule has 114 valence electrons. The fraction of sp³-hybridized carbons (Fsp3) is 0.769. The maximum absolute atomic E-state index is 12.9. The lowest BCUT2D eigenvalue weighted by atomic mass is 9.95. The highest BCUT2D eigenvalue weighted by atomic mass is 35.5. The van der Waals surface area contributed by atoms with Crippen LogP contribution in [-0.4, -0.2) is 36.3 Å². The van der Waals surface area contributed by atoms with Gasteiger partial charge in [-0.05, 0) is 26.7 Å². The van der Waals surface area contributed by atoms with Crippen LogP contribution < -0.4 is 0 Å². The summed E-state index contributed by atoms with van der Waals surface area (Å²) in [6.45, 7) is 3.62. The summed E-state index contributed by atoms with van der Waals surface area (Å²) < 4.78 is 32.3. The molecular formula is C13H21ClN2O3S. The largest absolute Gasteiger partial charge is 0.360 e. The van der Waals surface area contributed by atoms with E-state index >= 15 is 0 Å². The average Bonchev–Trinajstić information content (AvgIpc) is 2.77. The summed E-state index contributed by atoms with van der Waals surface area (Å²) in [4.78, 5) is 0.202. The van der Waals surface area contributed by atoms with E-state index in [9.17, 15) is 8.42 Å². The number of nitrogens with zero attached hydrogens (tertiary/aromatic N) is 2. The third kappa shape index (κ3) is 3.02. The number of alkyl halides is 1. The van der Waals surface area contributed by atoms with Crippen LogP contribution >= 0.6 is 11.6 Å². The van der Waals surface area contributed by atoms with Gasteiger partial charge in [-0.15, -0.1) is 11.6 Å². The molecule has 20 heavy (non-hydrogen) atoms. The smallest absolute Gasteiger partial charge is 0.248 e. The van der Waals surface area contributed by atoms with Gasteiger partial charge in [-0.25, -0.2) is 8.42 Å². The highest BCUT2D eigenvalue weighted by Gasteiger charge is 2.35. The maximum Gasteiger partial charge on any atom is 0.248 e. The molecular weight excluding hydrogens is 300 g/mol. The number of hydrogen-bond donors (Lipinski definition) is 0. The number of aromatic nitrogens is 1. The monoisotopic (exact) mass is 320 g/mol. The number of rotatable bonds is 5. The summed E-state index contributed by atoms with van der Waals surface area (Å²) in [5.74, 6) is 0.636. The lowest BCUT2D eigenvalue weighted by molar-refractivity contribution is 0.262. The zero-order valence-electron chi connectivity index (χ0n) is 11.9. The van der Waals surface area contributed by atoms with Gasteiger partial charge in [0, 0.05) is 18.5 Å². The summed E-state index contributed by atoms with van der Waals surface area (Å²) in [5, 5.41) is 3.76. The number of sulfonamides is 1. The molecule has 0 aromatic carbocycles. The first kappa shape index (κ1) is 15.8. The van der Waals surface area contributed by atoms with Crippen LogP contribution in [0.4, 0.5) is 0 Å². The topological polar surface area (TPSA) is 63.4 Å².